The maximum absolute atomic E-state index is 13.0. The summed E-state index contributed by atoms with van der Waals surface area (Å²) >= 11 is 7.02. The van der Waals surface area contributed by atoms with Crippen LogP contribution in [0.3, 0.4) is 0 Å². The Hall–Kier alpha value is -2.51. The molecule has 2 bridgehead atoms. The number of carbonyl (C=O) groups is 1. The predicted octanol–water partition coefficient (Wildman–Crippen LogP) is 4.26. The first-order chi connectivity index (χ1) is 14.2. The van der Waals surface area contributed by atoms with Crippen molar-refractivity contribution >= 4 is 45.5 Å². The maximum Gasteiger partial charge on any atom is 0.270 e. The molecule has 3 aromatic rings. The van der Waals surface area contributed by atoms with E-state index in [1.165, 1.54) is 25.7 Å². The van der Waals surface area contributed by atoms with Gasteiger partial charge in [-0.15, -0.1) is 11.3 Å². The lowest BCUT2D eigenvalue weighted by Gasteiger charge is -2.24. The van der Waals surface area contributed by atoms with E-state index in [4.69, 9.17) is 17.2 Å². The molecule has 148 valence electrons. The number of nitrogens with zero attached hydrogens (tertiary/aromatic N) is 1. The van der Waals surface area contributed by atoms with Gasteiger partial charge >= 0.3 is 0 Å². The minimum absolute atomic E-state index is 0.224. The second-order valence-electron chi connectivity index (χ2n) is 7.88. The molecule has 2 fully saturated rings. The molecule has 2 aromatic heterocycles. The lowest BCUT2D eigenvalue weighted by Crippen LogP contribution is -2.50. The van der Waals surface area contributed by atoms with E-state index in [1.54, 1.807) is 11.3 Å². The molecule has 2 heterocycles. The summed E-state index contributed by atoms with van der Waals surface area (Å²) in [6.45, 7) is 0. The van der Waals surface area contributed by atoms with Crippen molar-refractivity contribution in [2.75, 3.05) is 0 Å². The molecule has 2 aliphatic rings. The molecule has 2 aliphatic carbocycles. The van der Waals surface area contributed by atoms with Crippen molar-refractivity contribution in [2.45, 2.75) is 31.7 Å². The standard InChI is InChI=1S/C22H22N4OS2/c27-21(25-26-22(28)24-18-11-13-7-8-14(18)10-13)16-12-19(20-6-3-9-29-20)23-17-5-2-1-4-15(16)17/h1-6,9,12-14,18H,7-8,10-11H2,(H,25,27)(H2,24,26,28)/t13-,14-,18-/m1/s1. The number of pyridine rings is 1. The van der Waals surface area contributed by atoms with Crippen molar-refractivity contribution in [3.05, 3.63) is 53.4 Å². The third-order valence-electron chi connectivity index (χ3n) is 6.08. The number of benzene rings is 1. The van der Waals surface area contributed by atoms with E-state index >= 15 is 0 Å². The number of thiocarbonyl (C=S) groups is 1. The van der Waals surface area contributed by atoms with Crippen LogP contribution in [0.25, 0.3) is 21.5 Å². The van der Waals surface area contributed by atoms with Gasteiger partial charge in [-0.2, -0.15) is 0 Å². The van der Waals surface area contributed by atoms with Crippen LogP contribution in [-0.2, 0) is 0 Å². The first-order valence-corrected chi connectivity index (χ1v) is 11.3. The van der Waals surface area contributed by atoms with E-state index < -0.39 is 0 Å². The second kappa shape index (κ2) is 7.72. The molecule has 1 amide bonds. The quantitative estimate of drug-likeness (QED) is 0.435. The summed E-state index contributed by atoms with van der Waals surface area (Å²) in [4.78, 5) is 18.7. The second-order valence-corrected chi connectivity index (χ2v) is 9.24. The summed E-state index contributed by atoms with van der Waals surface area (Å²) in [6, 6.07) is 14.0. The smallest absolute Gasteiger partial charge is 0.270 e. The Kier molecular flexibility index (Phi) is 4.93. The van der Waals surface area contributed by atoms with E-state index in [1.807, 2.05) is 47.8 Å². The summed E-state index contributed by atoms with van der Waals surface area (Å²) < 4.78 is 0. The molecule has 0 unspecified atom stereocenters. The van der Waals surface area contributed by atoms with Gasteiger partial charge < -0.3 is 5.32 Å². The number of nitrogens with one attached hydrogen (secondary N) is 3. The Morgan fingerprint density at radius 1 is 1.10 bits per heavy atom. The van der Waals surface area contributed by atoms with Crippen LogP contribution in [0.5, 0.6) is 0 Å². The minimum Gasteiger partial charge on any atom is -0.358 e. The van der Waals surface area contributed by atoms with Crippen LogP contribution >= 0.6 is 23.6 Å². The molecule has 5 nitrogen and oxygen atoms in total. The monoisotopic (exact) mass is 422 g/mol. The number of rotatable bonds is 3. The van der Waals surface area contributed by atoms with Crippen molar-refractivity contribution < 1.29 is 4.79 Å². The summed E-state index contributed by atoms with van der Waals surface area (Å²) in [6.07, 6.45) is 5.12. The Bertz CT molecular complexity index is 1070. The largest absolute Gasteiger partial charge is 0.358 e. The molecule has 2 saturated carbocycles. The van der Waals surface area contributed by atoms with Crippen molar-refractivity contribution in [2.24, 2.45) is 11.8 Å². The number of fused-ring (bicyclic) bond motifs is 3. The van der Waals surface area contributed by atoms with E-state index in [9.17, 15) is 4.79 Å². The number of aromatic nitrogens is 1. The Labute approximate surface area is 178 Å². The molecular weight excluding hydrogens is 400 g/mol. The fraction of sp³-hybridized carbons (Fsp3) is 0.318. The van der Waals surface area contributed by atoms with Gasteiger partial charge in [0.25, 0.3) is 5.91 Å². The predicted molar refractivity (Wildman–Crippen MR) is 121 cm³/mol. The Morgan fingerprint density at radius 3 is 2.76 bits per heavy atom. The number of thiophene rings is 1. The molecular formula is C22H22N4OS2. The van der Waals surface area contributed by atoms with Crippen LogP contribution in [0.15, 0.2) is 47.8 Å². The topological polar surface area (TPSA) is 66.1 Å². The fourth-order valence-electron chi connectivity index (χ4n) is 4.72. The zero-order valence-electron chi connectivity index (χ0n) is 15.9. The molecule has 1 aromatic carbocycles. The van der Waals surface area contributed by atoms with Gasteiger partial charge in [0.15, 0.2) is 5.11 Å². The highest BCUT2D eigenvalue weighted by Crippen LogP contribution is 2.44. The van der Waals surface area contributed by atoms with E-state index in [-0.39, 0.29) is 5.91 Å². The number of amides is 1. The molecule has 5 rings (SSSR count). The molecule has 7 heteroatoms. The lowest BCUT2D eigenvalue weighted by molar-refractivity contribution is 0.0945. The number of carbonyl (C=O) groups excluding carboxylic acids is 1. The average molecular weight is 423 g/mol. The summed E-state index contributed by atoms with van der Waals surface area (Å²) in [5.41, 5.74) is 7.83. The lowest BCUT2D eigenvalue weighted by atomic mass is 9.96. The maximum atomic E-state index is 13.0. The van der Waals surface area contributed by atoms with Crippen LogP contribution < -0.4 is 16.2 Å². The van der Waals surface area contributed by atoms with Crippen LogP contribution in [0.4, 0.5) is 0 Å². The first kappa shape index (κ1) is 18.5. The fourth-order valence-corrected chi connectivity index (χ4v) is 5.61. The molecule has 0 saturated heterocycles. The highest BCUT2D eigenvalue weighted by atomic mass is 32.1. The summed E-state index contributed by atoms with van der Waals surface area (Å²) in [7, 11) is 0. The summed E-state index contributed by atoms with van der Waals surface area (Å²) in [5, 5.41) is 6.69. The Morgan fingerprint density at radius 2 is 2.00 bits per heavy atom. The van der Waals surface area contributed by atoms with Crippen LogP contribution in [0.1, 0.15) is 36.0 Å². The highest BCUT2D eigenvalue weighted by Gasteiger charge is 2.39. The van der Waals surface area contributed by atoms with Gasteiger partial charge in [0, 0.05) is 11.4 Å². The van der Waals surface area contributed by atoms with Crippen molar-refractivity contribution in [1.82, 2.24) is 21.2 Å². The van der Waals surface area contributed by atoms with Gasteiger partial charge in [0.2, 0.25) is 0 Å². The number of hydrogen-bond acceptors (Lipinski definition) is 4. The van der Waals surface area contributed by atoms with E-state index in [0.29, 0.717) is 22.6 Å². The highest BCUT2D eigenvalue weighted by molar-refractivity contribution is 7.80. The molecule has 0 spiro atoms. The van der Waals surface area contributed by atoms with Crippen LogP contribution in [-0.4, -0.2) is 22.0 Å². The van der Waals surface area contributed by atoms with Gasteiger partial charge in [0.1, 0.15) is 0 Å². The third kappa shape index (κ3) is 3.72. The van der Waals surface area contributed by atoms with Crippen LogP contribution in [0, 0.1) is 11.8 Å². The van der Waals surface area contributed by atoms with Crippen molar-refractivity contribution in [1.29, 1.82) is 0 Å². The van der Waals surface area contributed by atoms with Gasteiger partial charge in [-0.3, -0.25) is 15.6 Å². The zero-order chi connectivity index (χ0) is 19.8. The molecule has 3 N–H and O–H groups in total. The SMILES string of the molecule is O=C(NNC(=S)N[C@@H]1C[C@@H]2CC[C@@H]1C2)c1cc(-c2cccs2)nc2ccccc12. The van der Waals surface area contributed by atoms with Gasteiger partial charge in [-0.1, -0.05) is 30.7 Å². The number of hydrazine groups is 1. The van der Waals surface area contributed by atoms with Gasteiger partial charge in [-0.05, 0) is 66.9 Å². The molecule has 3 atom stereocenters. The summed E-state index contributed by atoms with van der Waals surface area (Å²) in [5.74, 6) is 1.33. The minimum atomic E-state index is -0.224. The zero-order valence-corrected chi connectivity index (χ0v) is 17.5. The van der Waals surface area contributed by atoms with Crippen molar-refractivity contribution in [3.63, 3.8) is 0 Å². The molecule has 0 aliphatic heterocycles. The first-order valence-electron chi connectivity index (χ1n) is 9.98. The normalized spacial score (nSPS) is 22.6. The molecule has 0 radical (unpaired) electrons. The number of hydrogen-bond donors (Lipinski definition) is 3. The van der Waals surface area contributed by atoms with E-state index in [2.05, 4.69) is 16.2 Å². The third-order valence-corrected chi connectivity index (χ3v) is 7.19. The van der Waals surface area contributed by atoms with Gasteiger partial charge in [-0.25, -0.2) is 4.98 Å². The van der Waals surface area contributed by atoms with Gasteiger partial charge in [0.05, 0.1) is 21.7 Å². The number of para-hydroxylation sites is 1. The van der Waals surface area contributed by atoms with E-state index in [0.717, 1.165) is 27.4 Å². The van der Waals surface area contributed by atoms with Crippen molar-refractivity contribution in [3.8, 4) is 10.6 Å². The average Bonchev–Trinajstić information content (AvgIpc) is 3.49. The molecule has 29 heavy (non-hydrogen) atoms. The van der Waals surface area contributed by atoms with Crippen LogP contribution in [0.2, 0.25) is 0 Å². The Balaban J connectivity index is 1.32.